The average molecular weight is 754 g/mol. The quantitative estimate of drug-likeness (QED) is 0.116. The molecule has 0 saturated heterocycles. The van der Waals surface area contributed by atoms with E-state index in [1.807, 2.05) is 55.4 Å². The van der Waals surface area contributed by atoms with E-state index in [1.54, 1.807) is 6.92 Å². The summed E-state index contributed by atoms with van der Waals surface area (Å²) in [5, 5.41) is 7.78. The highest BCUT2D eigenvalue weighted by Crippen LogP contribution is 2.37. The van der Waals surface area contributed by atoms with E-state index in [2.05, 4.69) is 67.7 Å². The number of ether oxygens (including phenoxy) is 3. The molecule has 14 heteroatoms. The second kappa shape index (κ2) is 33.6. The Labute approximate surface area is 320 Å². The van der Waals surface area contributed by atoms with Crippen molar-refractivity contribution >= 4 is 35.6 Å². The molecule has 1 aliphatic carbocycles. The number of hydrogen-bond donors (Lipinski definition) is 3. The first-order valence-corrected chi connectivity index (χ1v) is 19.2. The van der Waals surface area contributed by atoms with Crippen molar-refractivity contribution in [1.29, 1.82) is 0 Å². The molecule has 1 rings (SSSR count). The second-order valence-electron chi connectivity index (χ2n) is 12.1. The highest BCUT2D eigenvalue weighted by molar-refractivity contribution is 5.94. The van der Waals surface area contributed by atoms with Gasteiger partial charge in [0, 0.05) is 35.6 Å². The number of carbonyl (C=O) groups excluding carboxylic acids is 6. The van der Waals surface area contributed by atoms with Gasteiger partial charge in [0.05, 0.1) is 33.4 Å². The van der Waals surface area contributed by atoms with Crippen LogP contribution in [0.25, 0.3) is 0 Å². The van der Waals surface area contributed by atoms with Crippen LogP contribution in [0.3, 0.4) is 0 Å². The highest BCUT2D eigenvalue weighted by atomic mass is 16.5. The number of carbonyl (C=O) groups is 6. The largest absolute Gasteiger partial charge is 0.453 e. The Morgan fingerprint density at radius 2 is 0.904 bits per heavy atom. The van der Waals surface area contributed by atoms with E-state index in [9.17, 15) is 28.8 Å². The van der Waals surface area contributed by atoms with Crippen molar-refractivity contribution in [1.82, 2.24) is 25.8 Å². The van der Waals surface area contributed by atoms with E-state index in [0.29, 0.717) is 19.3 Å². The average Bonchev–Trinajstić information content (AvgIpc) is 3.95. The molecule has 1 aliphatic rings. The van der Waals surface area contributed by atoms with Crippen LogP contribution in [-0.2, 0) is 28.6 Å². The van der Waals surface area contributed by atoms with Gasteiger partial charge in [-0.3, -0.25) is 14.4 Å². The predicted octanol–water partition coefficient (Wildman–Crippen LogP) is 6.98. The molecule has 3 amide bonds. The van der Waals surface area contributed by atoms with Crippen LogP contribution in [0.5, 0.6) is 0 Å². The van der Waals surface area contributed by atoms with E-state index >= 15 is 0 Å². The van der Waals surface area contributed by atoms with Gasteiger partial charge < -0.3 is 40.0 Å². The zero-order valence-corrected chi connectivity index (χ0v) is 35.7. The lowest BCUT2D eigenvalue weighted by atomic mass is 9.99. The Morgan fingerprint density at radius 3 is 1.12 bits per heavy atom. The number of nitrogens with one attached hydrogen (secondary N) is 3. The van der Waals surface area contributed by atoms with Crippen molar-refractivity contribution in [2.45, 2.75) is 140 Å². The fraction of sp³-hybridized carbons (Fsp3) is 0.842. The summed E-state index contributed by atoms with van der Waals surface area (Å²) in [4.78, 5) is 73.0. The van der Waals surface area contributed by atoms with Gasteiger partial charge in [-0.15, -0.1) is 0 Å². The molecule has 0 aromatic rings. The molecule has 0 aromatic carbocycles. The maximum absolute atomic E-state index is 12.0. The van der Waals surface area contributed by atoms with Gasteiger partial charge in [-0.05, 0) is 51.9 Å². The molecule has 1 saturated carbocycles. The molecular weight excluding hydrogens is 670 g/mol. The fourth-order valence-corrected chi connectivity index (χ4v) is 4.66. The van der Waals surface area contributed by atoms with Gasteiger partial charge in [-0.1, -0.05) is 90.0 Å². The molecule has 314 valence electrons. The Hall–Kier alpha value is -3.26. The first-order chi connectivity index (χ1) is 24.6. The lowest BCUT2D eigenvalue weighted by molar-refractivity contribution is -0.124. The van der Waals surface area contributed by atoms with Crippen molar-refractivity contribution in [3.05, 3.63) is 0 Å². The molecule has 0 radical (unpaired) electrons. The van der Waals surface area contributed by atoms with Crippen molar-refractivity contribution in [2.24, 2.45) is 11.8 Å². The Balaban J connectivity index is -0.000000119. The van der Waals surface area contributed by atoms with Crippen molar-refractivity contribution in [3.63, 3.8) is 0 Å². The summed E-state index contributed by atoms with van der Waals surface area (Å²) in [6.45, 7) is 30.8. The molecule has 52 heavy (non-hydrogen) atoms. The minimum atomic E-state index is -0.582. The number of methoxy groups -OCH3 is 3. The van der Waals surface area contributed by atoms with Crippen LogP contribution in [0.2, 0.25) is 0 Å². The van der Waals surface area contributed by atoms with Crippen LogP contribution in [-0.4, -0.2) is 124 Å². The Bertz CT molecular complexity index is 943. The number of Topliss-reactive ketones (excluding diaryl/α,β-unsaturated/α-hetero) is 3. The lowest BCUT2D eigenvalue weighted by Gasteiger charge is -2.23. The SMILES string of the molecule is CC.CC.CCC(=O)C1(NC(=O)OC)CC1.CCN(CC)CC[C@@H](NC(=O)OC)C(=O)C(C)C.CCN(CC)CC[C@H](NC(=O)OC)C(=O)C(C)C.[HH].[HH].[HH]. The molecule has 0 heterocycles. The monoisotopic (exact) mass is 754 g/mol. The van der Waals surface area contributed by atoms with Crippen LogP contribution in [0.4, 0.5) is 14.4 Å². The maximum Gasteiger partial charge on any atom is 0.407 e. The third kappa shape index (κ3) is 24.8. The second-order valence-corrected chi connectivity index (χ2v) is 12.1. The summed E-state index contributed by atoms with van der Waals surface area (Å²) in [6, 6.07) is -0.920. The van der Waals surface area contributed by atoms with Crippen LogP contribution in [0, 0.1) is 11.8 Å². The number of nitrogens with zero attached hydrogens (tertiary/aromatic N) is 2. The topological polar surface area (TPSA) is 173 Å². The molecular formula is C38H83N5O9. The van der Waals surface area contributed by atoms with Gasteiger partial charge in [0.2, 0.25) is 0 Å². The molecule has 0 unspecified atom stereocenters. The van der Waals surface area contributed by atoms with E-state index in [1.165, 1.54) is 21.3 Å². The van der Waals surface area contributed by atoms with Gasteiger partial charge in [0.1, 0.15) is 5.54 Å². The van der Waals surface area contributed by atoms with Gasteiger partial charge in [-0.25, -0.2) is 14.4 Å². The predicted molar refractivity (Wildman–Crippen MR) is 215 cm³/mol. The third-order valence-corrected chi connectivity index (χ3v) is 8.17. The molecule has 0 aromatic heterocycles. The number of hydrogen-bond acceptors (Lipinski definition) is 11. The molecule has 14 nitrogen and oxygen atoms in total. The van der Waals surface area contributed by atoms with Crippen LogP contribution in [0.1, 0.15) is 126 Å². The minimum Gasteiger partial charge on any atom is -0.453 e. The molecule has 0 bridgehead atoms. The smallest absolute Gasteiger partial charge is 0.407 e. The molecule has 1 fully saturated rings. The summed E-state index contributed by atoms with van der Waals surface area (Å²) in [5.74, 6) is 0.000676. The lowest BCUT2D eigenvalue weighted by Crippen LogP contribution is -2.44. The van der Waals surface area contributed by atoms with E-state index < -0.39 is 35.9 Å². The highest BCUT2D eigenvalue weighted by Gasteiger charge is 2.50. The van der Waals surface area contributed by atoms with Crippen LogP contribution in [0.15, 0.2) is 0 Å². The number of alkyl carbamates (subject to hydrolysis) is 3. The molecule has 2 atom stereocenters. The molecule has 0 spiro atoms. The summed E-state index contributed by atoms with van der Waals surface area (Å²) in [6.07, 6.45) is 1.58. The summed E-state index contributed by atoms with van der Waals surface area (Å²) in [7, 11) is 3.90. The van der Waals surface area contributed by atoms with Gasteiger partial charge in [-0.2, -0.15) is 0 Å². The molecule has 3 N–H and O–H groups in total. The first kappa shape index (κ1) is 55.5. The zero-order chi connectivity index (χ0) is 41.4. The molecule has 0 aliphatic heterocycles. The van der Waals surface area contributed by atoms with E-state index in [0.717, 1.165) is 52.1 Å². The fourth-order valence-electron chi connectivity index (χ4n) is 4.66. The third-order valence-electron chi connectivity index (χ3n) is 8.17. The minimum absolute atomic E-state index is 0. The zero-order valence-electron chi connectivity index (χ0n) is 35.7. The van der Waals surface area contributed by atoms with E-state index in [-0.39, 0.29) is 33.5 Å². The standard InChI is InChI=1S/2C13H26N2O3.C8H13NO3.2C2H6.3H2/c2*1-6-15(7-2)9-8-11(12(16)10(3)4)14-13(17)18-5;1-3-6(10)8(4-5-8)9-7(11)12-2;2*1-2;;;/h2*10-11H,6-9H2,1-5H3,(H,14,17);3-5H2,1-2H3,(H,9,11);2*1-2H3;3*1H/t2*11-;;;;;;/m10....../s1. The Kier molecular flexibility index (Phi) is 35.8. The normalized spacial score (nSPS) is 13.2. The van der Waals surface area contributed by atoms with Gasteiger partial charge >= 0.3 is 18.3 Å². The van der Waals surface area contributed by atoms with Crippen LogP contribution < -0.4 is 16.0 Å². The number of ketones is 3. The van der Waals surface area contributed by atoms with Gasteiger partial charge in [0.15, 0.2) is 17.3 Å². The van der Waals surface area contributed by atoms with Crippen molar-refractivity contribution < 1.29 is 47.3 Å². The summed E-state index contributed by atoms with van der Waals surface area (Å²) in [5.41, 5.74) is -0.582. The van der Waals surface area contributed by atoms with Crippen molar-refractivity contribution in [2.75, 3.05) is 60.6 Å². The first-order valence-electron chi connectivity index (χ1n) is 19.2. The van der Waals surface area contributed by atoms with Crippen LogP contribution >= 0.6 is 0 Å². The van der Waals surface area contributed by atoms with Gasteiger partial charge in [0.25, 0.3) is 0 Å². The summed E-state index contributed by atoms with van der Waals surface area (Å²) < 4.78 is 13.5. The van der Waals surface area contributed by atoms with Crippen molar-refractivity contribution in [3.8, 4) is 0 Å². The maximum atomic E-state index is 12.0. The van der Waals surface area contributed by atoms with E-state index in [4.69, 9.17) is 0 Å². The summed E-state index contributed by atoms with van der Waals surface area (Å²) >= 11 is 0. The number of amides is 3. The number of rotatable bonds is 19. The Morgan fingerprint density at radius 1 is 0.596 bits per heavy atom.